The Morgan fingerprint density at radius 2 is 2.00 bits per heavy atom. The van der Waals surface area contributed by atoms with Crippen LogP contribution in [0.4, 0.5) is 24.8 Å². The first-order valence-electron chi connectivity index (χ1n) is 10.1. The average Bonchev–Trinajstić information content (AvgIpc) is 2.78. The second kappa shape index (κ2) is 9.13. The summed E-state index contributed by atoms with van der Waals surface area (Å²) in [6.07, 6.45) is 0.239. The first-order chi connectivity index (χ1) is 14.5. The Morgan fingerprint density at radius 1 is 1.17 bits per heavy atom. The second-order valence-electron chi connectivity index (χ2n) is 7.59. The molecular weight excluding hydrogens is 397 g/mol. The first-order valence-corrected chi connectivity index (χ1v) is 10.1. The molecule has 2 N–H and O–H groups in total. The number of piperidine rings is 1. The van der Waals surface area contributed by atoms with Crippen molar-refractivity contribution in [3.63, 3.8) is 0 Å². The van der Waals surface area contributed by atoms with Crippen molar-refractivity contribution in [3.05, 3.63) is 42.0 Å². The maximum atomic E-state index is 12.9. The lowest BCUT2D eigenvalue weighted by Crippen LogP contribution is -2.40. The standard InChI is InChI=1S/C20H25F3N6O/c21-20(22,23)15-1-2-16(25-11-15)17-12-30-8-7-29(17)19-9-18(27-13-28-19)26-10-14-3-5-24-6-4-14/h1-2,9,11,13-14,17,24H,3-8,10,12H2,(H,26,27,28). The highest BCUT2D eigenvalue weighted by atomic mass is 19.4. The lowest BCUT2D eigenvalue weighted by molar-refractivity contribution is -0.137. The number of hydrogen-bond donors (Lipinski definition) is 2. The molecule has 2 aliphatic rings. The van der Waals surface area contributed by atoms with Gasteiger partial charge >= 0.3 is 6.18 Å². The number of pyridine rings is 1. The normalized spacial score (nSPS) is 20.9. The summed E-state index contributed by atoms with van der Waals surface area (Å²) in [5.74, 6) is 2.05. The van der Waals surface area contributed by atoms with Crippen LogP contribution in [0.3, 0.4) is 0 Å². The van der Waals surface area contributed by atoms with Crippen molar-refractivity contribution in [1.29, 1.82) is 0 Å². The molecule has 1 atom stereocenters. The smallest absolute Gasteiger partial charge is 0.377 e. The van der Waals surface area contributed by atoms with Gasteiger partial charge in [0.25, 0.3) is 0 Å². The number of nitrogens with zero attached hydrogens (tertiary/aromatic N) is 4. The van der Waals surface area contributed by atoms with Gasteiger partial charge in [-0.15, -0.1) is 0 Å². The van der Waals surface area contributed by atoms with Crippen molar-refractivity contribution in [1.82, 2.24) is 20.3 Å². The summed E-state index contributed by atoms with van der Waals surface area (Å²) in [5, 5.41) is 6.75. The largest absolute Gasteiger partial charge is 0.417 e. The predicted molar refractivity (Wildman–Crippen MR) is 106 cm³/mol. The van der Waals surface area contributed by atoms with Crippen molar-refractivity contribution in [2.45, 2.75) is 25.1 Å². The second-order valence-corrected chi connectivity index (χ2v) is 7.59. The Bertz CT molecular complexity index is 826. The molecule has 0 aliphatic carbocycles. The third-order valence-electron chi connectivity index (χ3n) is 5.56. The summed E-state index contributed by atoms with van der Waals surface area (Å²) in [6.45, 7) is 4.34. The molecular formula is C20H25F3N6O. The zero-order valence-electron chi connectivity index (χ0n) is 16.5. The van der Waals surface area contributed by atoms with Crippen LogP contribution < -0.4 is 15.5 Å². The fourth-order valence-electron chi connectivity index (χ4n) is 3.83. The number of rotatable bonds is 5. The van der Waals surface area contributed by atoms with Crippen molar-refractivity contribution in [2.24, 2.45) is 5.92 Å². The molecule has 0 saturated carbocycles. The molecule has 10 heteroatoms. The van der Waals surface area contributed by atoms with E-state index in [9.17, 15) is 13.2 Å². The number of halogens is 3. The summed E-state index contributed by atoms with van der Waals surface area (Å²) in [7, 11) is 0. The molecule has 2 aromatic heterocycles. The molecule has 0 spiro atoms. The van der Waals surface area contributed by atoms with Gasteiger partial charge in [-0.05, 0) is 44.0 Å². The number of ether oxygens (including phenoxy) is 1. The zero-order valence-corrected chi connectivity index (χ0v) is 16.5. The number of nitrogens with one attached hydrogen (secondary N) is 2. The first kappa shape index (κ1) is 20.8. The van der Waals surface area contributed by atoms with Crippen LogP contribution in [-0.4, -0.2) is 54.3 Å². The third-order valence-corrected chi connectivity index (χ3v) is 5.56. The van der Waals surface area contributed by atoms with E-state index in [2.05, 4.69) is 25.6 Å². The molecule has 0 aromatic carbocycles. The van der Waals surface area contributed by atoms with Crippen LogP contribution in [-0.2, 0) is 10.9 Å². The van der Waals surface area contributed by atoms with E-state index in [1.165, 1.54) is 12.4 Å². The van der Waals surface area contributed by atoms with Gasteiger partial charge in [0.1, 0.15) is 18.0 Å². The molecule has 2 aromatic rings. The van der Waals surface area contributed by atoms with E-state index in [-0.39, 0.29) is 6.04 Å². The lowest BCUT2D eigenvalue weighted by Gasteiger charge is -2.36. The van der Waals surface area contributed by atoms with Gasteiger partial charge in [-0.25, -0.2) is 9.97 Å². The maximum absolute atomic E-state index is 12.9. The van der Waals surface area contributed by atoms with Crippen LogP contribution in [0, 0.1) is 5.92 Å². The lowest BCUT2D eigenvalue weighted by atomic mass is 9.98. The van der Waals surface area contributed by atoms with Gasteiger partial charge in [-0.1, -0.05) is 0 Å². The molecule has 162 valence electrons. The van der Waals surface area contributed by atoms with Crippen LogP contribution in [0.25, 0.3) is 0 Å². The molecule has 4 rings (SSSR count). The van der Waals surface area contributed by atoms with Crippen molar-refractivity contribution >= 4 is 11.6 Å². The number of morpholine rings is 1. The molecule has 0 radical (unpaired) electrons. The van der Waals surface area contributed by atoms with E-state index >= 15 is 0 Å². The maximum Gasteiger partial charge on any atom is 0.417 e. The summed E-state index contributed by atoms with van der Waals surface area (Å²) >= 11 is 0. The van der Waals surface area contributed by atoms with E-state index in [0.717, 1.165) is 50.6 Å². The zero-order chi connectivity index (χ0) is 21.0. The Morgan fingerprint density at radius 3 is 2.73 bits per heavy atom. The third kappa shape index (κ3) is 4.99. The Kier molecular flexibility index (Phi) is 6.33. The molecule has 0 amide bonds. The Labute approximate surface area is 173 Å². The predicted octanol–water partition coefficient (Wildman–Crippen LogP) is 2.88. The fraction of sp³-hybridized carbons (Fsp3) is 0.550. The topological polar surface area (TPSA) is 75.2 Å². The van der Waals surface area contributed by atoms with Gasteiger partial charge in [-0.3, -0.25) is 4.98 Å². The number of hydrogen-bond acceptors (Lipinski definition) is 7. The highest BCUT2D eigenvalue weighted by molar-refractivity contribution is 5.50. The van der Waals surface area contributed by atoms with E-state index in [1.807, 2.05) is 11.0 Å². The van der Waals surface area contributed by atoms with Gasteiger partial charge in [0.15, 0.2) is 0 Å². The van der Waals surface area contributed by atoms with Crippen molar-refractivity contribution in [2.75, 3.05) is 49.6 Å². The molecule has 2 aliphatic heterocycles. The van der Waals surface area contributed by atoms with E-state index in [0.29, 0.717) is 37.2 Å². The van der Waals surface area contributed by atoms with Crippen LogP contribution in [0.1, 0.15) is 30.1 Å². The summed E-state index contributed by atoms with van der Waals surface area (Å²) in [5.41, 5.74) is -0.244. The number of anilines is 2. The minimum Gasteiger partial charge on any atom is -0.377 e. The molecule has 7 nitrogen and oxygen atoms in total. The van der Waals surface area contributed by atoms with Crippen LogP contribution in [0.15, 0.2) is 30.7 Å². The van der Waals surface area contributed by atoms with Crippen molar-refractivity contribution < 1.29 is 17.9 Å². The van der Waals surface area contributed by atoms with Gasteiger partial charge in [0.2, 0.25) is 0 Å². The van der Waals surface area contributed by atoms with Crippen LogP contribution in [0.2, 0.25) is 0 Å². The quantitative estimate of drug-likeness (QED) is 0.768. The van der Waals surface area contributed by atoms with E-state index in [4.69, 9.17) is 4.74 Å². The SMILES string of the molecule is FC(F)(F)c1ccc(C2COCCN2c2cc(NCC3CCNCC3)ncn2)nc1. The molecule has 2 saturated heterocycles. The molecule has 1 unspecified atom stereocenters. The monoisotopic (exact) mass is 422 g/mol. The molecule has 4 heterocycles. The fourth-order valence-corrected chi connectivity index (χ4v) is 3.83. The summed E-state index contributed by atoms with van der Waals surface area (Å²) < 4.78 is 44.1. The molecule has 30 heavy (non-hydrogen) atoms. The Balaban J connectivity index is 1.48. The Hall–Kier alpha value is -2.46. The van der Waals surface area contributed by atoms with E-state index in [1.54, 1.807) is 0 Å². The number of aromatic nitrogens is 3. The van der Waals surface area contributed by atoms with Gasteiger partial charge in [0, 0.05) is 25.4 Å². The molecule has 2 fully saturated rings. The number of alkyl halides is 3. The van der Waals surface area contributed by atoms with Crippen LogP contribution >= 0.6 is 0 Å². The average molecular weight is 422 g/mol. The van der Waals surface area contributed by atoms with Gasteiger partial charge < -0.3 is 20.3 Å². The highest BCUT2D eigenvalue weighted by Gasteiger charge is 2.32. The summed E-state index contributed by atoms with van der Waals surface area (Å²) in [6, 6.07) is 4.03. The van der Waals surface area contributed by atoms with Crippen molar-refractivity contribution in [3.8, 4) is 0 Å². The molecule has 0 bridgehead atoms. The van der Waals surface area contributed by atoms with E-state index < -0.39 is 11.7 Å². The highest BCUT2D eigenvalue weighted by Crippen LogP contribution is 2.32. The summed E-state index contributed by atoms with van der Waals surface area (Å²) in [4.78, 5) is 14.8. The minimum atomic E-state index is -4.41. The minimum absolute atomic E-state index is 0.312. The van der Waals surface area contributed by atoms with Crippen LogP contribution in [0.5, 0.6) is 0 Å². The van der Waals surface area contributed by atoms with Gasteiger partial charge in [0.05, 0.1) is 30.5 Å². The van der Waals surface area contributed by atoms with Gasteiger partial charge in [-0.2, -0.15) is 13.2 Å².